The molecule has 148 valence electrons. The number of carbonyl (C=O) groups is 1. The molecule has 2 N–H and O–H groups in total. The van der Waals surface area contributed by atoms with Gasteiger partial charge in [-0.05, 0) is 25.0 Å². The highest BCUT2D eigenvalue weighted by Gasteiger charge is 2.47. The number of pyridine rings is 1. The minimum absolute atomic E-state index is 0.177. The number of amides is 1. The van der Waals surface area contributed by atoms with Gasteiger partial charge in [-0.15, -0.1) is 0 Å². The Labute approximate surface area is 168 Å². The van der Waals surface area contributed by atoms with Crippen molar-refractivity contribution < 1.29 is 4.79 Å². The first-order valence-electron chi connectivity index (χ1n) is 9.68. The van der Waals surface area contributed by atoms with Gasteiger partial charge >= 0.3 is 0 Å². The van der Waals surface area contributed by atoms with Crippen LogP contribution in [0.2, 0.25) is 0 Å². The molecule has 1 aliphatic rings. The van der Waals surface area contributed by atoms with Gasteiger partial charge in [0.05, 0.1) is 5.41 Å². The number of H-pyrrole nitrogens is 1. The Morgan fingerprint density at radius 1 is 1.31 bits per heavy atom. The van der Waals surface area contributed by atoms with Crippen LogP contribution in [0.5, 0.6) is 0 Å². The van der Waals surface area contributed by atoms with Crippen molar-refractivity contribution in [2.24, 2.45) is 5.41 Å². The number of aromatic nitrogens is 5. The van der Waals surface area contributed by atoms with Crippen molar-refractivity contribution in [3.05, 3.63) is 43.1 Å². The highest BCUT2D eigenvalue weighted by atomic mass is 16.2. The molecule has 1 fully saturated rings. The minimum atomic E-state index is -0.295. The fourth-order valence-corrected chi connectivity index (χ4v) is 4.32. The summed E-state index contributed by atoms with van der Waals surface area (Å²) in [5.74, 6) is 0.760. The van der Waals surface area contributed by atoms with Crippen LogP contribution < -0.4 is 5.32 Å². The number of anilines is 1. The topological polar surface area (TPSA) is 91.2 Å². The molecule has 0 spiro atoms. The Morgan fingerprint density at radius 2 is 2.14 bits per heavy atom. The van der Waals surface area contributed by atoms with Gasteiger partial charge in [0.2, 0.25) is 11.9 Å². The lowest BCUT2D eigenvalue weighted by molar-refractivity contribution is -0.143. The summed E-state index contributed by atoms with van der Waals surface area (Å²) in [5.41, 5.74) is 3.53. The highest BCUT2D eigenvalue weighted by Crippen LogP contribution is 2.43. The van der Waals surface area contributed by atoms with Crippen LogP contribution in [0.25, 0.3) is 27.8 Å². The summed E-state index contributed by atoms with van der Waals surface area (Å²) in [7, 11) is 3.61. The first kappa shape index (κ1) is 17.7. The summed E-state index contributed by atoms with van der Waals surface area (Å²) in [6, 6.07) is 4.25. The molecule has 4 aromatic rings. The van der Waals surface area contributed by atoms with E-state index in [1.54, 1.807) is 25.2 Å². The maximum Gasteiger partial charge on any atom is 0.228 e. The molecule has 0 aromatic carbocycles. The Bertz CT molecular complexity index is 1220. The lowest BCUT2D eigenvalue weighted by Gasteiger charge is -2.45. The molecule has 1 saturated carbocycles. The molecule has 8 heteroatoms. The van der Waals surface area contributed by atoms with E-state index in [9.17, 15) is 4.79 Å². The molecular weight excluding hydrogens is 366 g/mol. The molecule has 0 aliphatic heterocycles. The molecule has 1 aliphatic carbocycles. The molecule has 8 nitrogen and oxygen atoms in total. The molecular formula is C21H23N7O. The number of imidazole rings is 1. The molecule has 0 radical (unpaired) electrons. The Hall–Kier alpha value is -3.42. The summed E-state index contributed by atoms with van der Waals surface area (Å²) >= 11 is 0. The Balaban J connectivity index is 1.35. The van der Waals surface area contributed by atoms with Crippen LogP contribution in [-0.4, -0.2) is 55.3 Å². The predicted octanol–water partition coefficient (Wildman–Crippen LogP) is 2.94. The van der Waals surface area contributed by atoms with Crippen LogP contribution in [0, 0.1) is 5.41 Å². The van der Waals surface area contributed by atoms with Crippen molar-refractivity contribution >= 4 is 28.5 Å². The van der Waals surface area contributed by atoms with Crippen LogP contribution in [0.15, 0.2) is 43.1 Å². The van der Waals surface area contributed by atoms with Crippen molar-refractivity contribution in [3.8, 4) is 11.1 Å². The summed E-state index contributed by atoms with van der Waals surface area (Å²) < 4.78 is 1.99. The van der Waals surface area contributed by atoms with Crippen molar-refractivity contribution in [1.82, 2.24) is 29.2 Å². The third-order valence-corrected chi connectivity index (χ3v) is 5.78. The number of hydrogen-bond acceptors (Lipinski definition) is 5. The zero-order valence-corrected chi connectivity index (χ0v) is 16.7. The summed E-state index contributed by atoms with van der Waals surface area (Å²) in [4.78, 5) is 30.6. The Morgan fingerprint density at radius 3 is 2.93 bits per heavy atom. The van der Waals surface area contributed by atoms with Gasteiger partial charge < -0.3 is 19.6 Å². The summed E-state index contributed by atoms with van der Waals surface area (Å²) in [6.07, 6.45) is 11.1. The second-order valence-electron chi connectivity index (χ2n) is 8.28. The average Bonchev–Trinajstić information content (AvgIpc) is 3.31. The number of hydrogen-bond donors (Lipinski definition) is 2. The van der Waals surface area contributed by atoms with Crippen molar-refractivity contribution in [1.29, 1.82) is 0 Å². The van der Waals surface area contributed by atoms with E-state index in [4.69, 9.17) is 0 Å². The van der Waals surface area contributed by atoms with Gasteiger partial charge in [-0.25, -0.2) is 9.97 Å². The van der Waals surface area contributed by atoms with E-state index in [1.807, 2.05) is 48.2 Å². The molecule has 29 heavy (non-hydrogen) atoms. The number of fused-ring (bicyclic) bond motifs is 2. The van der Waals surface area contributed by atoms with Gasteiger partial charge in [0.1, 0.15) is 11.3 Å². The van der Waals surface area contributed by atoms with Crippen molar-refractivity contribution in [2.45, 2.75) is 25.8 Å². The summed E-state index contributed by atoms with van der Waals surface area (Å²) in [5, 5.41) is 4.33. The third-order valence-electron chi connectivity index (χ3n) is 5.78. The molecule has 1 amide bonds. The molecule has 4 heterocycles. The predicted molar refractivity (Wildman–Crippen MR) is 112 cm³/mol. The maximum atomic E-state index is 12.3. The van der Waals surface area contributed by atoms with Gasteiger partial charge in [0.25, 0.3) is 0 Å². The first-order chi connectivity index (χ1) is 13.9. The van der Waals surface area contributed by atoms with E-state index in [-0.39, 0.29) is 17.4 Å². The zero-order chi connectivity index (χ0) is 20.2. The van der Waals surface area contributed by atoms with Crippen LogP contribution in [0.4, 0.5) is 5.95 Å². The third kappa shape index (κ3) is 2.91. The number of nitrogens with one attached hydrogen (secondary N) is 2. The minimum Gasteiger partial charge on any atom is -0.351 e. The smallest absolute Gasteiger partial charge is 0.228 e. The van der Waals surface area contributed by atoms with Gasteiger partial charge in [0.15, 0.2) is 0 Å². The SMILES string of the molecule is CN(C)C(=O)[C@]1(C)C[C@H](Nc2ncc3c(-c4ccc5nccn5c4)c[nH]c3n2)C1. The second-order valence-corrected chi connectivity index (χ2v) is 8.28. The van der Waals surface area contributed by atoms with E-state index in [0.717, 1.165) is 40.6 Å². The number of carbonyl (C=O) groups excluding carboxylic acids is 1. The van der Waals surface area contributed by atoms with Gasteiger partial charge in [-0.2, -0.15) is 4.98 Å². The van der Waals surface area contributed by atoms with Crippen LogP contribution >= 0.6 is 0 Å². The molecule has 0 bridgehead atoms. The Kier molecular flexibility index (Phi) is 3.84. The van der Waals surface area contributed by atoms with Crippen LogP contribution in [0.1, 0.15) is 19.8 Å². The van der Waals surface area contributed by atoms with E-state index in [0.29, 0.717) is 5.95 Å². The molecule has 4 aromatic heterocycles. The fourth-order valence-electron chi connectivity index (χ4n) is 4.32. The average molecular weight is 389 g/mol. The lowest BCUT2D eigenvalue weighted by Crippen LogP contribution is -2.52. The van der Waals surface area contributed by atoms with Crippen LogP contribution in [-0.2, 0) is 4.79 Å². The second kappa shape index (κ2) is 6.30. The van der Waals surface area contributed by atoms with Crippen molar-refractivity contribution in [2.75, 3.05) is 19.4 Å². The highest BCUT2D eigenvalue weighted by molar-refractivity contribution is 5.93. The number of nitrogens with zero attached hydrogens (tertiary/aromatic N) is 5. The zero-order valence-electron chi connectivity index (χ0n) is 16.7. The van der Waals surface area contributed by atoms with Gasteiger partial charge in [-0.1, -0.05) is 6.92 Å². The van der Waals surface area contributed by atoms with Crippen molar-refractivity contribution in [3.63, 3.8) is 0 Å². The van der Waals surface area contributed by atoms with E-state index in [1.165, 1.54) is 0 Å². The monoisotopic (exact) mass is 389 g/mol. The molecule has 0 saturated heterocycles. The number of aromatic amines is 1. The standard InChI is InChI=1S/C21H23N7O/c1-21(19(29)27(2)3)8-14(9-21)25-20-24-11-16-15(10-23-18(16)26-20)13-4-5-17-22-6-7-28(17)12-13/h4-7,10-12,14H,8-9H2,1-3H3,(H2,23,24,25,26)/t14-,21+. The van der Waals surface area contributed by atoms with Crippen LogP contribution in [0.3, 0.4) is 0 Å². The fraction of sp³-hybridized carbons (Fsp3) is 0.333. The van der Waals surface area contributed by atoms with E-state index in [2.05, 4.69) is 25.3 Å². The molecule has 5 rings (SSSR count). The maximum absolute atomic E-state index is 12.3. The largest absolute Gasteiger partial charge is 0.351 e. The molecule has 0 atom stereocenters. The van der Waals surface area contributed by atoms with Gasteiger partial charge in [-0.3, -0.25) is 4.79 Å². The van der Waals surface area contributed by atoms with E-state index >= 15 is 0 Å². The number of rotatable bonds is 4. The first-order valence-corrected chi connectivity index (χ1v) is 9.68. The van der Waals surface area contributed by atoms with E-state index < -0.39 is 0 Å². The normalized spacial score (nSPS) is 21.3. The summed E-state index contributed by atoms with van der Waals surface area (Å²) in [6.45, 7) is 2.02. The molecule has 0 unspecified atom stereocenters. The van der Waals surface area contributed by atoms with Gasteiger partial charge in [0, 0.05) is 67.6 Å². The lowest BCUT2D eigenvalue weighted by atomic mass is 9.66. The quantitative estimate of drug-likeness (QED) is 0.560.